The minimum Gasteiger partial charge on any atom is -0.493 e. The first kappa shape index (κ1) is 22.5. The maximum absolute atomic E-state index is 12.6. The number of nitrogens with one attached hydrogen (secondary N) is 3. The van der Waals surface area contributed by atoms with Crippen LogP contribution in [0.5, 0.6) is 11.5 Å². The van der Waals surface area contributed by atoms with Gasteiger partial charge in [-0.25, -0.2) is 4.79 Å². The molecule has 7 nitrogen and oxygen atoms in total. The van der Waals surface area contributed by atoms with Gasteiger partial charge in [-0.3, -0.25) is 0 Å². The molecule has 31 heavy (non-hydrogen) atoms. The fourth-order valence-electron chi connectivity index (χ4n) is 3.52. The summed E-state index contributed by atoms with van der Waals surface area (Å²) < 4.78 is 11.1. The van der Waals surface area contributed by atoms with E-state index < -0.39 is 6.04 Å². The van der Waals surface area contributed by atoms with Gasteiger partial charge in [0.05, 0.1) is 32.4 Å². The quantitative estimate of drug-likeness (QED) is 0.396. The number of carbonyl (C=O) groups excluding carboxylic acids is 1. The summed E-state index contributed by atoms with van der Waals surface area (Å²) in [6.45, 7) is 4.40. The number of methoxy groups -OCH3 is 1. The second kappa shape index (κ2) is 10.7. The molecule has 0 aliphatic rings. The highest BCUT2D eigenvalue weighted by Gasteiger charge is 2.17. The van der Waals surface area contributed by atoms with Gasteiger partial charge in [0.1, 0.15) is 0 Å². The largest absolute Gasteiger partial charge is 0.493 e. The molecule has 1 aromatic heterocycles. The van der Waals surface area contributed by atoms with Crippen LogP contribution in [-0.4, -0.2) is 42.5 Å². The number of aliphatic hydroxyl groups is 1. The number of rotatable bonds is 10. The van der Waals surface area contributed by atoms with Crippen LogP contribution in [0.2, 0.25) is 0 Å². The number of benzene rings is 2. The Hall–Kier alpha value is -3.19. The first-order chi connectivity index (χ1) is 15.0. The molecule has 0 aliphatic heterocycles. The van der Waals surface area contributed by atoms with Crippen molar-refractivity contribution in [3.8, 4) is 11.5 Å². The van der Waals surface area contributed by atoms with E-state index in [2.05, 4.69) is 15.6 Å². The lowest BCUT2D eigenvalue weighted by atomic mass is 10.1. The van der Waals surface area contributed by atoms with E-state index in [1.54, 1.807) is 7.11 Å². The summed E-state index contributed by atoms with van der Waals surface area (Å²) in [5.41, 5.74) is 2.98. The number of aromatic nitrogens is 1. The lowest BCUT2D eigenvalue weighted by molar-refractivity contribution is 0.214. The number of aromatic amines is 1. The molecule has 3 rings (SSSR count). The third-order valence-corrected chi connectivity index (χ3v) is 5.19. The van der Waals surface area contributed by atoms with Gasteiger partial charge >= 0.3 is 6.03 Å². The van der Waals surface area contributed by atoms with Crippen molar-refractivity contribution < 1.29 is 19.4 Å². The first-order valence-corrected chi connectivity index (χ1v) is 10.6. The number of H-pyrrole nitrogens is 1. The molecule has 0 fully saturated rings. The number of para-hydroxylation sites is 1. The summed E-state index contributed by atoms with van der Waals surface area (Å²) in [6.07, 6.45) is 3.36. The standard InChI is InChI=1S/C24H31N3O4/c1-4-11-31-22-10-9-17(13-23(22)30-3)16(2)26-24(29)27-19(15-28)12-18-14-25-21-8-6-5-7-20(18)21/h5-10,13-14,16,19,25,28H,4,11-12,15H2,1-3H3,(H2,26,27,29). The van der Waals surface area contributed by atoms with E-state index in [0.29, 0.717) is 24.5 Å². The predicted molar refractivity (Wildman–Crippen MR) is 122 cm³/mol. The summed E-state index contributed by atoms with van der Waals surface area (Å²) in [7, 11) is 1.60. The molecule has 2 amide bonds. The zero-order chi connectivity index (χ0) is 22.2. The highest BCUT2D eigenvalue weighted by atomic mass is 16.5. The van der Waals surface area contributed by atoms with Crippen LogP contribution in [0.1, 0.15) is 37.4 Å². The molecule has 0 bridgehead atoms. The molecule has 166 valence electrons. The fourth-order valence-corrected chi connectivity index (χ4v) is 3.52. The summed E-state index contributed by atoms with van der Waals surface area (Å²) in [5.74, 6) is 1.32. The van der Waals surface area contributed by atoms with Crippen LogP contribution in [0, 0.1) is 0 Å². The van der Waals surface area contributed by atoms with Crippen LogP contribution >= 0.6 is 0 Å². The molecule has 0 spiro atoms. The van der Waals surface area contributed by atoms with Gasteiger partial charge in [0.2, 0.25) is 0 Å². The molecule has 2 unspecified atom stereocenters. The van der Waals surface area contributed by atoms with Gasteiger partial charge in [0, 0.05) is 17.1 Å². The number of carbonyl (C=O) groups is 1. The van der Waals surface area contributed by atoms with E-state index in [0.717, 1.165) is 28.5 Å². The summed E-state index contributed by atoms with van der Waals surface area (Å²) in [5, 5.41) is 16.7. The zero-order valence-electron chi connectivity index (χ0n) is 18.3. The minimum atomic E-state index is -0.397. The molecular formula is C24H31N3O4. The number of amides is 2. The maximum Gasteiger partial charge on any atom is 0.315 e. The molecule has 0 radical (unpaired) electrons. The van der Waals surface area contributed by atoms with Crippen molar-refractivity contribution in [3.05, 3.63) is 59.8 Å². The molecule has 0 aliphatic carbocycles. The van der Waals surface area contributed by atoms with Gasteiger partial charge < -0.3 is 30.2 Å². The molecule has 3 aromatic rings. The Kier molecular flexibility index (Phi) is 7.78. The smallest absolute Gasteiger partial charge is 0.315 e. The van der Waals surface area contributed by atoms with E-state index in [4.69, 9.17) is 9.47 Å². The van der Waals surface area contributed by atoms with E-state index >= 15 is 0 Å². The van der Waals surface area contributed by atoms with Gasteiger partial charge in [-0.2, -0.15) is 0 Å². The average Bonchev–Trinajstić information content (AvgIpc) is 3.19. The Morgan fingerprint density at radius 2 is 1.97 bits per heavy atom. The lowest BCUT2D eigenvalue weighted by Gasteiger charge is -2.20. The van der Waals surface area contributed by atoms with Crippen LogP contribution in [-0.2, 0) is 6.42 Å². The maximum atomic E-state index is 12.6. The van der Waals surface area contributed by atoms with Crippen molar-refractivity contribution in [1.82, 2.24) is 15.6 Å². The molecule has 0 saturated carbocycles. The van der Waals surface area contributed by atoms with Gasteiger partial charge in [-0.15, -0.1) is 0 Å². The van der Waals surface area contributed by atoms with Crippen molar-refractivity contribution in [1.29, 1.82) is 0 Å². The first-order valence-electron chi connectivity index (χ1n) is 10.6. The summed E-state index contributed by atoms with van der Waals surface area (Å²) in [6, 6.07) is 12.6. The highest BCUT2D eigenvalue weighted by Crippen LogP contribution is 2.30. The number of ether oxygens (including phenoxy) is 2. The lowest BCUT2D eigenvalue weighted by Crippen LogP contribution is -2.45. The van der Waals surface area contributed by atoms with Crippen molar-refractivity contribution >= 4 is 16.9 Å². The van der Waals surface area contributed by atoms with Gasteiger partial charge in [-0.1, -0.05) is 31.2 Å². The highest BCUT2D eigenvalue weighted by molar-refractivity contribution is 5.83. The Balaban J connectivity index is 1.61. The third-order valence-electron chi connectivity index (χ3n) is 5.19. The average molecular weight is 426 g/mol. The summed E-state index contributed by atoms with van der Waals surface area (Å²) >= 11 is 0. The van der Waals surface area contributed by atoms with Gasteiger partial charge in [0.15, 0.2) is 11.5 Å². The molecule has 4 N–H and O–H groups in total. The van der Waals surface area contributed by atoms with Crippen LogP contribution in [0.15, 0.2) is 48.7 Å². The Morgan fingerprint density at radius 3 is 2.71 bits per heavy atom. The Labute approximate surface area is 182 Å². The van der Waals surface area contributed by atoms with E-state index in [1.165, 1.54) is 0 Å². The normalized spacial score (nSPS) is 12.9. The van der Waals surface area contributed by atoms with Crippen molar-refractivity contribution in [2.24, 2.45) is 0 Å². The van der Waals surface area contributed by atoms with E-state index in [-0.39, 0.29) is 18.7 Å². The molecular weight excluding hydrogens is 394 g/mol. The SMILES string of the molecule is CCCOc1ccc(C(C)NC(=O)NC(CO)Cc2c[nH]c3ccccc23)cc1OC. The van der Waals surface area contributed by atoms with Crippen molar-refractivity contribution in [3.63, 3.8) is 0 Å². The second-order valence-electron chi connectivity index (χ2n) is 7.54. The predicted octanol–water partition coefficient (Wildman–Crippen LogP) is 3.93. The topological polar surface area (TPSA) is 95.6 Å². The van der Waals surface area contributed by atoms with Crippen LogP contribution in [0.3, 0.4) is 0 Å². The fraction of sp³-hybridized carbons (Fsp3) is 0.375. The Morgan fingerprint density at radius 1 is 1.16 bits per heavy atom. The monoisotopic (exact) mass is 425 g/mol. The van der Waals surface area contributed by atoms with Gasteiger partial charge in [-0.05, 0) is 49.1 Å². The van der Waals surface area contributed by atoms with Crippen LogP contribution < -0.4 is 20.1 Å². The summed E-state index contributed by atoms with van der Waals surface area (Å²) in [4.78, 5) is 15.8. The van der Waals surface area contributed by atoms with Gasteiger partial charge in [0.25, 0.3) is 0 Å². The number of fused-ring (bicyclic) bond motifs is 1. The second-order valence-corrected chi connectivity index (χ2v) is 7.54. The number of urea groups is 1. The molecule has 0 saturated heterocycles. The molecule has 7 heteroatoms. The molecule has 2 aromatic carbocycles. The molecule has 1 heterocycles. The minimum absolute atomic E-state index is 0.154. The number of aliphatic hydroxyl groups excluding tert-OH is 1. The van der Waals surface area contributed by atoms with E-state index in [1.807, 2.05) is 62.5 Å². The van der Waals surface area contributed by atoms with Crippen molar-refractivity contribution in [2.45, 2.75) is 38.8 Å². The van der Waals surface area contributed by atoms with Crippen molar-refractivity contribution in [2.75, 3.05) is 20.3 Å². The Bertz CT molecular complexity index is 1000. The van der Waals surface area contributed by atoms with Crippen LogP contribution in [0.4, 0.5) is 4.79 Å². The number of hydrogen-bond acceptors (Lipinski definition) is 4. The van der Waals surface area contributed by atoms with Crippen LogP contribution in [0.25, 0.3) is 10.9 Å². The third kappa shape index (κ3) is 5.70. The zero-order valence-corrected chi connectivity index (χ0v) is 18.3. The van der Waals surface area contributed by atoms with E-state index in [9.17, 15) is 9.90 Å². The molecule has 2 atom stereocenters. The number of hydrogen-bond donors (Lipinski definition) is 4.